The molecule has 1 aromatic rings. The topological polar surface area (TPSA) is 38.1 Å². The fourth-order valence-electron chi connectivity index (χ4n) is 3.50. The second kappa shape index (κ2) is 5.04. The minimum Gasteiger partial charge on any atom is -0.361 e. The number of hydrogen-bond acceptors (Lipinski definition) is 3. The van der Waals surface area contributed by atoms with Crippen molar-refractivity contribution in [1.82, 2.24) is 10.5 Å². The molecule has 1 aromatic heterocycles. The van der Waals surface area contributed by atoms with Crippen molar-refractivity contribution in [3.8, 4) is 0 Å². The van der Waals surface area contributed by atoms with Gasteiger partial charge in [0.15, 0.2) is 0 Å². The number of aryl methyl sites for hydroxylation is 2. The Balaban J connectivity index is 1.94. The fourth-order valence-corrected chi connectivity index (χ4v) is 3.50. The Hall–Kier alpha value is -0.830. The van der Waals surface area contributed by atoms with Gasteiger partial charge in [0.2, 0.25) is 0 Å². The summed E-state index contributed by atoms with van der Waals surface area (Å²) in [5, 5.41) is 7.70. The lowest BCUT2D eigenvalue weighted by atomic mass is 9.70. The number of aromatic nitrogens is 1. The first-order valence-corrected chi connectivity index (χ1v) is 7.02. The van der Waals surface area contributed by atoms with E-state index in [9.17, 15) is 0 Å². The van der Waals surface area contributed by atoms with Crippen LogP contribution in [0.4, 0.5) is 0 Å². The van der Waals surface area contributed by atoms with Crippen LogP contribution >= 0.6 is 0 Å². The maximum Gasteiger partial charge on any atom is 0.138 e. The summed E-state index contributed by atoms with van der Waals surface area (Å²) in [6, 6.07) is 0.623. The molecule has 3 nitrogen and oxygen atoms in total. The average molecular weight is 250 g/mol. The van der Waals surface area contributed by atoms with Gasteiger partial charge in [0.1, 0.15) is 5.76 Å². The summed E-state index contributed by atoms with van der Waals surface area (Å²) in [4.78, 5) is 0. The van der Waals surface area contributed by atoms with Crippen LogP contribution in [0.25, 0.3) is 0 Å². The van der Waals surface area contributed by atoms with Gasteiger partial charge < -0.3 is 9.84 Å². The Morgan fingerprint density at radius 1 is 1.33 bits per heavy atom. The molecular formula is C15H26N2O. The van der Waals surface area contributed by atoms with Crippen LogP contribution < -0.4 is 5.32 Å². The van der Waals surface area contributed by atoms with Crippen LogP contribution in [0, 0.1) is 25.2 Å². The molecule has 1 aliphatic rings. The molecule has 1 aliphatic carbocycles. The molecule has 2 atom stereocenters. The van der Waals surface area contributed by atoms with Crippen molar-refractivity contribution in [3.63, 3.8) is 0 Å². The molecule has 18 heavy (non-hydrogen) atoms. The zero-order chi connectivity index (χ0) is 13.3. The maximum atomic E-state index is 5.21. The molecule has 1 heterocycles. The Morgan fingerprint density at radius 3 is 2.61 bits per heavy atom. The summed E-state index contributed by atoms with van der Waals surface area (Å²) in [7, 11) is 0. The van der Waals surface area contributed by atoms with E-state index in [2.05, 4.69) is 31.2 Å². The Bertz CT molecular complexity index is 389. The van der Waals surface area contributed by atoms with Gasteiger partial charge >= 0.3 is 0 Å². The summed E-state index contributed by atoms with van der Waals surface area (Å²) in [6.45, 7) is 12.0. The number of nitrogens with zero attached hydrogens (tertiary/aromatic N) is 1. The first-order valence-electron chi connectivity index (χ1n) is 7.02. The molecule has 102 valence electrons. The summed E-state index contributed by atoms with van der Waals surface area (Å²) in [5.74, 6) is 1.76. The predicted octanol–water partition coefficient (Wildman–Crippen LogP) is 3.60. The van der Waals surface area contributed by atoms with E-state index in [0.717, 1.165) is 23.9 Å². The van der Waals surface area contributed by atoms with E-state index in [1.54, 1.807) is 0 Å². The molecule has 0 radical (unpaired) electrons. The van der Waals surface area contributed by atoms with Crippen LogP contribution in [0.3, 0.4) is 0 Å². The third kappa shape index (κ3) is 3.14. The smallest absolute Gasteiger partial charge is 0.138 e. The van der Waals surface area contributed by atoms with E-state index in [1.807, 2.05) is 13.8 Å². The molecule has 1 fully saturated rings. The van der Waals surface area contributed by atoms with Crippen LogP contribution in [0.1, 0.15) is 57.1 Å². The number of rotatable bonds is 3. The molecule has 0 spiro atoms. The van der Waals surface area contributed by atoms with Gasteiger partial charge in [-0.15, -0.1) is 0 Å². The second-order valence-corrected chi connectivity index (χ2v) is 6.79. The lowest BCUT2D eigenvalue weighted by Gasteiger charge is -2.39. The van der Waals surface area contributed by atoms with Gasteiger partial charge in [-0.1, -0.05) is 25.9 Å². The SMILES string of the molecule is Cc1noc(C)c1CNC1CC(C)CC(C)(C)C1. The Kier molecular flexibility index (Phi) is 3.81. The van der Waals surface area contributed by atoms with Gasteiger partial charge in [0.05, 0.1) is 5.69 Å². The highest BCUT2D eigenvalue weighted by Crippen LogP contribution is 2.38. The zero-order valence-electron chi connectivity index (χ0n) is 12.3. The van der Waals surface area contributed by atoms with Crippen LogP contribution in [0.2, 0.25) is 0 Å². The van der Waals surface area contributed by atoms with E-state index in [1.165, 1.54) is 24.8 Å². The first-order chi connectivity index (χ1) is 8.37. The van der Waals surface area contributed by atoms with Crippen LogP contribution in [0.15, 0.2) is 4.52 Å². The molecule has 3 heteroatoms. The van der Waals surface area contributed by atoms with E-state index in [-0.39, 0.29) is 0 Å². The average Bonchev–Trinajstić information content (AvgIpc) is 2.53. The van der Waals surface area contributed by atoms with Crippen molar-refractivity contribution < 1.29 is 4.52 Å². The Labute approximate surface area is 110 Å². The zero-order valence-corrected chi connectivity index (χ0v) is 12.3. The van der Waals surface area contributed by atoms with Crippen molar-refractivity contribution in [2.24, 2.45) is 11.3 Å². The van der Waals surface area contributed by atoms with Crippen molar-refractivity contribution in [2.75, 3.05) is 0 Å². The third-order valence-electron chi connectivity index (χ3n) is 4.14. The normalized spacial score (nSPS) is 27.4. The fraction of sp³-hybridized carbons (Fsp3) is 0.800. The maximum absolute atomic E-state index is 5.21. The lowest BCUT2D eigenvalue weighted by molar-refractivity contribution is 0.150. The van der Waals surface area contributed by atoms with Gasteiger partial charge in [-0.25, -0.2) is 0 Å². The monoisotopic (exact) mass is 250 g/mol. The predicted molar refractivity (Wildman–Crippen MR) is 73.4 cm³/mol. The van der Waals surface area contributed by atoms with Gasteiger partial charge in [-0.2, -0.15) is 0 Å². The lowest BCUT2D eigenvalue weighted by Crippen LogP contribution is -2.39. The quantitative estimate of drug-likeness (QED) is 0.890. The van der Waals surface area contributed by atoms with Crippen molar-refractivity contribution >= 4 is 0 Å². The summed E-state index contributed by atoms with van der Waals surface area (Å²) >= 11 is 0. The van der Waals surface area contributed by atoms with Gasteiger partial charge in [0.25, 0.3) is 0 Å². The minimum absolute atomic E-state index is 0.466. The Morgan fingerprint density at radius 2 is 2.06 bits per heavy atom. The summed E-state index contributed by atoms with van der Waals surface area (Å²) in [6.07, 6.45) is 3.89. The van der Waals surface area contributed by atoms with Crippen LogP contribution in [-0.4, -0.2) is 11.2 Å². The molecule has 2 unspecified atom stereocenters. The summed E-state index contributed by atoms with van der Waals surface area (Å²) < 4.78 is 5.21. The van der Waals surface area contributed by atoms with Crippen molar-refractivity contribution in [2.45, 2.75) is 66.5 Å². The highest BCUT2D eigenvalue weighted by atomic mass is 16.5. The van der Waals surface area contributed by atoms with E-state index < -0.39 is 0 Å². The molecule has 0 amide bonds. The van der Waals surface area contributed by atoms with E-state index in [0.29, 0.717) is 11.5 Å². The van der Waals surface area contributed by atoms with Crippen LogP contribution in [-0.2, 0) is 6.54 Å². The molecule has 0 aromatic carbocycles. The molecule has 2 rings (SSSR count). The van der Waals surface area contributed by atoms with E-state index in [4.69, 9.17) is 4.52 Å². The van der Waals surface area contributed by atoms with Gasteiger partial charge in [0, 0.05) is 18.2 Å². The highest BCUT2D eigenvalue weighted by Gasteiger charge is 2.31. The molecular weight excluding hydrogens is 224 g/mol. The minimum atomic E-state index is 0.466. The number of nitrogens with one attached hydrogen (secondary N) is 1. The number of hydrogen-bond donors (Lipinski definition) is 1. The molecule has 1 saturated carbocycles. The van der Waals surface area contributed by atoms with Crippen LogP contribution in [0.5, 0.6) is 0 Å². The first kappa shape index (κ1) is 13.6. The largest absolute Gasteiger partial charge is 0.361 e. The molecule has 0 bridgehead atoms. The van der Waals surface area contributed by atoms with E-state index >= 15 is 0 Å². The highest BCUT2D eigenvalue weighted by molar-refractivity contribution is 5.20. The van der Waals surface area contributed by atoms with Gasteiger partial charge in [-0.05, 0) is 44.4 Å². The molecule has 1 N–H and O–H groups in total. The van der Waals surface area contributed by atoms with Crippen molar-refractivity contribution in [3.05, 3.63) is 17.0 Å². The van der Waals surface area contributed by atoms with Gasteiger partial charge in [-0.3, -0.25) is 0 Å². The second-order valence-electron chi connectivity index (χ2n) is 6.79. The third-order valence-corrected chi connectivity index (χ3v) is 4.14. The molecule has 0 aliphatic heterocycles. The molecule has 0 saturated heterocycles. The standard InChI is InChI=1S/C15H26N2O/c1-10-6-13(8-15(4,5)7-10)16-9-14-11(2)17-18-12(14)3/h10,13,16H,6-9H2,1-5H3. The summed E-state index contributed by atoms with van der Waals surface area (Å²) in [5.41, 5.74) is 2.71. The van der Waals surface area contributed by atoms with Crippen molar-refractivity contribution in [1.29, 1.82) is 0 Å².